The van der Waals surface area contributed by atoms with Gasteiger partial charge in [0.25, 0.3) is 6.02 Å². The van der Waals surface area contributed by atoms with E-state index in [1.807, 2.05) is 32.9 Å². The summed E-state index contributed by atoms with van der Waals surface area (Å²) in [6.45, 7) is 6.06. The molecule has 3 aliphatic rings. The number of amides is 1. The summed E-state index contributed by atoms with van der Waals surface area (Å²) in [6.07, 6.45) is 2.37. The van der Waals surface area contributed by atoms with Crippen LogP contribution in [0.5, 0.6) is 5.75 Å². The van der Waals surface area contributed by atoms with Crippen LogP contribution in [-0.4, -0.2) is 30.7 Å². The number of ether oxygens (including phenoxy) is 2. The number of nitriles is 1. The molecule has 1 saturated carbocycles. The fourth-order valence-electron chi connectivity index (χ4n) is 4.50. The molecule has 2 aliphatic heterocycles. The number of rotatable bonds is 1. The summed E-state index contributed by atoms with van der Waals surface area (Å²) in [6, 6.07) is 7.81. The Labute approximate surface area is 164 Å². The molecule has 0 saturated heterocycles. The van der Waals surface area contributed by atoms with E-state index in [-0.39, 0.29) is 30.0 Å². The first-order chi connectivity index (χ1) is 13.2. The number of fused-ring (bicyclic) bond motifs is 4. The Morgan fingerprint density at radius 3 is 2.82 bits per heavy atom. The van der Waals surface area contributed by atoms with E-state index < -0.39 is 11.0 Å². The molecule has 4 rings (SSSR count). The van der Waals surface area contributed by atoms with Gasteiger partial charge in [-0.2, -0.15) is 5.26 Å². The topological polar surface area (TPSA) is 110 Å². The minimum absolute atomic E-state index is 0.00834. The predicted octanol–water partition coefficient (Wildman–Crippen LogP) is 2.19. The van der Waals surface area contributed by atoms with Crippen LogP contribution in [0, 0.1) is 22.7 Å². The average molecular weight is 382 g/mol. The van der Waals surface area contributed by atoms with Crippen LogP contribution in [-0.2, 0) is 15.1 Å². The second kappa shape index (κ2) is 6.40. The summed E-state index contributed by atoms with van der Waals surface area (Å²) >= 11 is 0. The van der Waals surface area contributed by atoms with Gasteiger partial charge in [-0.15, -0.1) is 0 Å². The molecule has 0 bridgehead atoms. The van der Waals surface area contributed by atoms with Gasteiger partial charge in [0.1, 0.15) is 24.0 Å². The third-order valence-electron chi connectivity index (χ3n) is 6.02. The first-order valence-corrected chi connectivity index (χ1v) is 9.73. The smallest absolute Gasteiger partial charge is 0.283 e. The predicted molar refractivity (Wildman–Crippen MR) is 104 cm³/mol. The molecular weight excluding hydrogens is 356 g/mol. The zero-order valence-corrected chi connectivity index (χ0v) is 16.5. The van der Waals surface area contributed by atoms with Gasteiger partial charge in [-0.05, 0) is 37.5 Å². The van der Waals surface area contributed by atoms with E-state index in [0.29, 0.717) is 12.2 Å². The van der Waals surface area contributed by atoms with Crippen LogP contribution in [0.1, 0.15) is 51.2 Å². The molecule has 148 valence electrons. The fraction of sp³-hybridized carbons (Fsp3) is 0.571. The summed E-state index contributed by atoms with van der Waals surface area (Å²) < 4.78 is 11.9. The number of carbonyl (C=O) groups excluding carboxylic acids is 1. The van der Waals surface area contributed by atoms with Crippen LogP contribution in [0.3, 0.4) is 0 Å². The number of nitrogens with two attached hydrogens (primary N) is 1. The lowest BCUT2D eigenvalue weighted by Crippen LogP contribution is -2.55. The third kappa shape index (κ3) is 2.97. The van der Waals surface area contributed by atoms with Crippen LogP contribution in [0.15, 0.2) is 23.2 Å². The highest BCUT2D eigenvalue weighted by atomic mass is 16.5. The van der Waals surface area contributed by atoms with Gasteiger partial charge in [-0.3, -0.25) is 4.79 Å². The summed E-state index contributed by atoms with van der Waals surface area (Å²) in [5, 5.41) is 12.5. The van der Waals surface area contributed by atoms with Gasteiger partial charge in [0.05, 0.1) is 11.6 Å². The van der Waals surface area contributed by atoms with Crippen molar-refractivity contribution in [2.75, 3.05) is 6.61 Å². The highest BCUT2D eigenvalue weighted by molar-refractivity contribution is 5.81. The fourth-order valence-corrected chi connectivity index (χ4v) is 4.50. The number of nitrogens with one attached hydrogen (secondary N) is 1. The van der Waals surface area contributed by atoms with Crippen LogP contribution >= 0.6 is 0 Å². The molecule has 1 aliphatic carbocycles. The molecule has 3 N–H and O–H groups in total. The van der Waals surface area contributed by atoms with Gasteiger partial charge in [0.2, 0.25) is 5.91 Å². The van der Waals surface area contributed by atoms with Crippen LogP contribution in [0.25, 0.3) is 0 Å². The Bertz CT molecular complexity index is 883. The number of benzene rings is 1. The lowest BCUT2D eigenvalue weighted by molar-refractivity contribution is -0.130. The van der Waals surface area contributed by atoms with Crippen molar-refractivity contribution in [2.24, 2.45) is 22.1 Å². The molecule has 1 aromatic rings. The molecule has 4 atom stereocenters. The Morgan fingerprint density at radius 1 is 1.39 bits per heavy atom. The Morgan fingerprint density at radius 2 is 2.18 bits per heavy atom. The van der Waals surface area contributed by atoms with Crippen molar-refractivity contribution in [3.8, 4) is 11.8 Å². The van der Waals surface area contributed by atoms with Gasteiger partial charge in [-0.1, -0.05) is 20.8 Å². The maximum atomic E-state index is 12.5. The maximum Gasteiger partial charge on any atom is 0.283 e. The molecule has 0 aromatic heterocycles. The van der Waals surface area contributed by atoms with E-state index in [1.165, 1.54) is 0 Å². The van der Waals surface area contributed by atoms with Gasteiger partial charge >= 0.3 is 0 Å². The number of hydrogen-bond acceptors (Lipinski definition) is 6. The van der Waals surface area contributed by atoms with E-state index in [4.69, 9.17) is 20.2 Å². The molecule has 1 unspecified atom stereocenters. The number of hydrogen-bond donors (Lipinski definition) is 2. The summed E-state index contributed by atoms with van der Waals surface area (Å²) in [5.74, 6) is 0.785. The molecule has 2 heterocycles. The average Bonchev–Trinajstić information content (AvgIpc) is 3.04. The van der Waals surface area contributed by atoms with Gasteiger partial charge in [0.15, 0.2) is 0 Å². The molecule has 1 amide bonds. The molecule has 28 heavy (non-hydrogen) atoms. The first-order valence-electron chi connectivity index (χ1n) is 9.73. The van der Waals surface area contributed by atoms with E-state index in [9.17, 15) is 10.1 Å². The van der Waals surface area contributed by atoms with Crippen molar-refractivity contribution >= 4 is 11.9 Å². The summed E-state index contributed by atoms with van der Waals surface area (Å²) in [4.78, 5) is 17.2. The van der Waals surface area contributed by atoms with E-state index in [1.54, 1.807) is 6.07 Å². The zero-order chi connectivity index (χ0) is 20.1. The second-order valence-corrected chi connectivity index (χ2v) is 8.98. The van der Waals surface area contributed by atoms with Crippen LogP contribution < -0.4 is 15.8 Å². The minimum atomic E-state index is -0.680. The second-order valence-electron chi connectivity index (χ2n) is 8.98. The maximum absolute atomic E-state index is 12.5. The van der Waals surface area contributed by atoms with E-state index >= 15 is 0 Å². The standard InChI is InChI=1S/C21H26N4O3/c1-20(2,3)18(26)24-13-5-7-17-15(9-13)21(11-27-19(23)25-21)14-8-12(10-22)4-6-16(14)28-17/h4,6,8,13,15,17H,5,7,9,11H2,1-3H3,(H2,23,25)(H,24,26)/t13-,15+,17+,21?/m1/s1. The normalized spacial score (nSPS) is 30.9. The van der Waals surface area contributed by atoms with Crippen molar-refractivity contribution in [1.29, 1.82) is 5.26 Å². The Kier molecular flexibility index (Phi) is 4.25. The lowest BCUT2D eigenvalue weighted by Gasteiger charge is -2.48. The molecule has 7 heteroatoms. The zero-order valence-electron chi connectivity index (χ0n) is 16.5. The number of amidine groups is 1. The van der Waals surface area contributed by atoms with Crippen LogP contribution in [0.2, 0.25) is 0 Å². The molecule has 0 radical (unpaired) electrons. The highest BCUT2D eigenvalue weighted by Crippen LogP contribution is 2.52. The Balaban J connectivity index is 1.70. The molecule has 1 spiro atoms. The molecule has 7 nitrogen and oxygen atoms in total. The largest absolute Gasteiger partial charge is 0.490 e. The number of nitrogens with zero attached hydrogens (tertiary/aromatic N) is 2. The first kappa shape index (κ1) is 18.6. The molecule has 1 fully saturated rings. The monoisotopic (exact) mass is 382 g/mol. The lowest BCUT2D eigenvalue weighted by atomic mass is 9.67. The highest BCUT2D eigenvalue weighted by Gasteiger charge is 2.55. The third-order valence-corrected chi connectivity index (χ3v) is 6.02. The van der Waals surface area contributed by atoms with Gasteiger partial charge < -0.3 is 20.5 Å². The van der Waals surface area contributed by atoms with Crippen molar-refractivity contribution in [2.45, 2.75) is 57.7 Å². The minimum Gasteiger partial charge on any atom is -0.490 e. The van der Waals surface area contributed by atoms with E-state index in [0.717, 1.165) is 30.6 Å². The SMILES string of the molecule is CC(C)(C)C(=O)N[C@@H]1CC[C@@H]2Oc3ccc(C#N)cc3C3(COC(N)=N3)[C@H]2C1. The number of carbonyl (C=O) groups is 1. The van der Waals surface area contributed by atoms with Gasteiger partial charge in [0, 0.05) is 22.9 Å². The van der Waals surface area contributed by atoms with Gasteiger partial charge in [-0.25, -0.2) is 4.99 Å². The Hall–Kier alpha value is -2.75. The number of aliphatic imine (C=N–C) groups is 1. The summed E-state index contributed by atoms with van der Waals surface area (Å²) in [7, 11) is 0. The van der Waals surface area contributed by atoms with E-state index in [2.05, 4.69) is 11.4 Å². The van der Waals surface area contributed by atoms with Crippen LogP contribution in [0.4, 0.5) is 0 Å². The van der Waals surface area contributed by atoms with Crippen molar-refractivity contribution < 1.29 is 14.3 Å². The molecular formula is C21H26N4O3. The van der Waals surface area contributed by atoms with Crippen molar-refractivity contribution in [3.63, 3.8) is 0 Å². The molecule has 1 aromatic carbocycles. The quantitative estimate of drug-likeness (QED) is 0.774. The van der Waals surface area contributed by atoms with Crippen molar-refractivity contribution in [1.82, 2.24) is 5.32 Å². The summed E-state index contributed by atoms with van der Waals surface area (Å²) in [5.41, 5.74) is 6.19. The van der Waals surface area contributed by atoms with Crippen molar-refractivity contribution in [3.05, 3.63) is 29.3 Å².